The number of piperazine rings is 1. The van der Waals surface area contributed by atoms with Gasteiger partial charge in [-0.2, -0.15) is 0 Å². The first-order valence-electron chi connectivity index (χ1n) is 6.28. The van der Waals surface area contributed by atoms with E-state index in [2.05, 4.69) is 5.32 Å². The second-order valence-corrected chi connectivity index (χ2v) is 5.06. The Labute approximate surface area is 104 Å². The third-order valence-corrected chi connectivity index (χ3v) is 3.69. The minimum absolute atomic E-state index is 0.0939. The van der Waals surface area contributed by atoms with Crippen molar-refractivity contribution in [2.75, 3.05) is 24.5 Å². The van der Waals surface area contributed by atoms with Gasteiger partial charge in [0.25, 0.3) is 0 Å². The molecule has 1 unspecified atom stereocenters. The molecule has 0 bridgehead atoms. The summed E-state index contributed by atoms with van der Waals surface area (Å²) in [7, 11) is 0. The molecule has 0 aromatic heterocycles. The molecular weight excluding hydrogens is 241 g/mol. The smallest absolute Gasteiger partial charge is 0.152 e. The van der Waals surface area contributed by atoms with Gasteiger partial charge in [0.05, 0.1) is 0 Å². The van der Waals surface area contributed by atoms with Crippen LogP contribution in [0.2, 0.25) is 0 Å². The van der Waals surface area contributed by atoms with Crippen molar-refractivity contribution in [1.82, 2.24) is 5.32 Å². The summed E-state index contributed by atoms with van der Waals surface area (Å²) in [5, 5.41) is 3.37. The summed E-state index contributed by atoms with van der Waals surface area (Å²) in [5.41, 5.74) is -0.0939. The van der Waals surface area contributed by atoms with E-state index >= 15 is 0 Å². The van der Waals surface area contributed by atoms with Crippen LogP contribution in [0.4, 0.5) is 18.9 Å². The lowest BCUT2D eigenvalue weighted by Crippen LogP contribution is -2.52. The van der Waals surface area contributed by atoms with E-state index in [1.54, 1.807) is 4.90 Å². The molecule has 5 heteroatoms. The molecule has 0 radical (unpaired) electrons. The topological polar surface area (TPSA) is 15.3 Å². The Balaban J connectivity index is 1.85. The molecule has 2 fully saturated rings. The molecule has 1 saturated carbocycles. The fourth-order valence-corrected chi connectivity index (χ4v) is 2.63. The van der Waals surface area contributed by atoms with Crippen molar-refractivity contribution in [3.05, 3.63) is 29.6 Å². The highest BCUT2D eigenvalue weighted by molar-refractivity contribution is 5.50. The predicted molar refractivity (Wildman–Crippen MR) is 63.0 cm³/mol. The van der Waals surface area contributed by atoms with Gasteiger partial charge in [-0.05, 0) is 18.8 Å². The van der Waals surface area contributed by atoms with Gasteiger partial charge in [0.1, 0.15) is 11.5 Å². The number of hydrogen-bond acceptors (Lipinski definition) is 2. The summed E-state index contributed by atoms with van der Waals surface area (Å²) < 4.78 is 40.3. The molecule has 2 nitrogen and oxygen atoms in total. The molecule has 2 aliphatic rings. The lowest BCUT2D eigenvalue weighted by Gasteiger charge is -2.35. The van der Waals surface area contributed by atoms with Gasteiger partial charge >= 0.3 is 0 Å². The molecule has 0 amide bonds. The normalized spacial score (nSPS) is 24.4. The van der Waals surface area contributed by atoms with Crippen molar-refractivity contribution in [2.24, 2.45) is 5.92 Å². The average molecular weight is 256 g/mol. The van der Waals surface area contributed by atoms with Crippen LogP contribution in [0.1, 0.15) is 12.8 Å². The van der Waals surface area contributed by atoms with Crippen LogP contribution >= 0.6 is 0 Å². The standard InChI is InChI=1S/C13H15F3N2/c14-9-5-10(15)13(11(16)6-9)18-4-3-17-12(7-18)8-1-2-8/h5-6,8,12,17H,1-4,7H2. The minimum atomic E-state index is -0.873. The Morgan fingerprint density at radius 1 is 1.11 bits per heavy atom. The zero-order valence-electron chi connectivity index (χ0n) is 9.93. The van der Waals surface area contributed by atoms with E-state index in [1.165, 1.54) is 12.8 Å². The second-order valence-electron chi connectivity index (χ2n) is 5.06. The maximum Gasteiger partial charge on any atom is 0.152 e. The Bertz CT molecular complexity index is 437. The van der Waals surface area contributed by atoms with Gasteiger partial charge in [-0.15, -0.1) is 0 Å². The molecule has 1 aliphatic carbocycles. The number of nitrogens with one attached hydrogen (secondary N) is 1. The van der Waals surface area contributed by atoms with Crippen molar-refractivity contribution < 1.29 is 13.2 Å². The van der Waals surface area contributed by atoms with E-state index in [9.17, 15) is 13.2 Å². The molecule has 3 rings (SSSR count). The van der Waals surface area contributed by atoms with Crippen LogP contribution in [-0.4, -0.2) is 25.7 Å². The molecule has 1 aromatic rings. The number of benzene rings is 1. The van der Waals surface area contributed by atoms with E-state index in [0.717, 1.165) is 12.1 Å². The molecule has 18 heavy (non-hydrogen) atoms. The number of anilines is 1. The predicted octanol–water partition coefficient (Wildman–Crippen LogP) is 2.29. The Morgan fingerprint density at radius 3 is 2.39 bits per heavy atom. The van der Waals surface area contributed by atoms with Crippen LogP contribution in [0.3, 0.4) is 0 Å². The summed E-state index contributed by atoms with van der Waals surface area (Å²) in [6.45, 7) is 1.84. The average Bonchev–Trinajstić information content (AvgIpc) is 3.11. The molecule has 1 heterocycles. The van der Waals surface area contributed by atoms with E-state index in [4.69, 9.17) is 0 Å². The molecule has 98 valence electrons. The number of rotatable bonds is 2. The van der Waals surface area contributed by atoms with Crippen LogP contribution in [-0.2, 0) is 0 Å². The fourth-order valence-electron chi connectivity index (χ4n) is 2.63. The van der Waals surface area contributed by atoms with E-state index in [-0.39, 0.29) is 5.69 Å². The summed E-state index contributed by atoms with van der Waals surface area (Å²) in [6.07, 6.45) is 2.36. The zero-order chi connectivity index (χ0) is 12.7. The van der Waals surface area contributed by atoms with Gasteiger partial charge in [-0.1, -0.05) is 0 Å². The first kappa shape index (κ1) is 11.8. The van der Waals surface area contributed by atoms with Crippen molar-refractivity contribution >= 4 is 5.69 Å². The summed E-state index contributed by atoms with van der Waals surface area (Å²) in [4.78, 5) is 1.68. The molecule has 1 saturated heterocycles. The third kappa shape index (κ3) is 2.19. The molecule has 1 aromatic carbocycles. The Morgan fingerprint density at radius 2 is 1.78 bits per heavy atom. The van der Waals surface area contributed by atoms with Crippen LogP contribution in [0.15, 0.2) is 12.1 Å². The molecule has 0 spiro atoms. The van der Waals surface area contributed by atoms with Crippen LogP contribution < -0.4 is 10.2 Å². The second kappa shape index (κ2) is 4.46. The summed E-state index contributed by atoms with van der Waals surface area (Å²) >= 11 is 0. The first-order valence-corrected chi connectivity index (χ1v) is 6.28. The van der Waals surface area contributed by atoms with Gasteiger partial charge in [-0.25, -0.2) is 13.2 Å². The number of nitrogens with zero attached hydrogens (tertiary/aromatic N) is 1. The lowest BCUT2D eigenvalue weighted by molar-refractivity contribution is 0.411. The van der Waals surface area contributed by atoms with Gasteiger partial charge < -0.3 is 10.2 Å². The highest BCUT2D eigenvalue weighted by Crippen LogP contribution is 2.35. The van der Waals surface area contributed by atoms with Crippen molar-refractivity contribution in [2.45, 2.75) is 18.9 Å². The van der Waals surface area contributed by atoms with Crippen LogP contribution in [0.5, 0.6) is 0 Å². The van der Waals surface area contributed by atoms with Gasteiger partial charge in [-0.3, -0.25) is 0 Å². The van der Waals surface area contributed by atoms with Gasteiger partial charge in [0, 0.05) is 37.8 Å². The summed E-state index contributed by atoms with van der Waals surface area (Å²) in [5.74, 6) is -1.88. The van der Waals surface area contributed by atoms with Gasteiger partial charge in [0.2, 0.25) is 0 Å². The van der Waals surface area contributed by atoms with Crippen molar-refractivity contribution in [3.8, 4) is 0 Å². The Hall–Kier alpha value is -1.23. The maximum atomic E-state index is 13.7. The Kier molecular flexibility index (Phi) is 2.93. The molecule has 1 N–H and O–H groups in total. The van der Waals surface area contributed by atoms with E-state index in [1.807, 2.05) is 0 Å². The highest BCUT2D eigenvalue weighted by Gasteiger charge is 2.35. The molecular formula is C13H15F3N2. The highest BCUT2D eigenvalue weighted by atomic mass is 19.1. The molecule has 1 aliphatic heterocycles. The van der Waals surface area contributed by atoms with E-state index in [0.29, 0.717) is 31.6 Å². The first-order chi connectivity index (χ1) is 8.65. The van der Waals surface area contributed by atoms with Crippen molar-refractivity contribution in [3.63, 3.8) is 0 Å². The SMILES string of the molecule is Fc1cc(F)c(N2CCNC(C3CC3)C2)c(F)c1. The third-order valence-electron chi connectivity index (χ3n) is 3.69. The monoisotopic (exact) mass is 256 g/mol. The van der Waals surface area contributed by atoms with Gasteiger partial charge in [0.15, 0.2) is 11.6 Å². The zero-order valence-corrected chi connectivity index (χ0v) is 9.93. The fraction of sp³-hybridized carbons (Fsp3) is 0.538. The maximum absolute atomic E-state index is 13.7. The van der Waals surface area contributed by atoms with Crippen LogP contribution in [0.25, 0.3) is 0 Å². The van der Waals surface area contributed by atoms with E-state index < -0.39 is 17.5 Å². The quantitative estimate of drug-likeness (QED) is 0.873. The lowest BCUT2D eigenvalue weighted by atomic mass is 10.1. The van der Waals surface area contributed by atoms with Crippen molar-refractivity contribution in [1.29, 1.82) is 0 Å². The minimum Gasteiger partial charge on any atom is -0.364 e. The molecule has 1 atom stereocenters. The number of halogens is 3. The van der Waals surface area contributed by atoms with Crippen LogP contribution in [0, 0.1) is 23.4 Å². The summed E-state index contributed by atoms with van der Waals surface area (Å²) in [6, 6.07) is 1.78. The largest absolute Gasteiger partial charge is 0.364 e. The number of hydrogen-bond donors (Lipinski definition) is 1.